The van der Waals surface area contributed by atoms with Gasteiger partial charge < -0.3 is 24.5 Å². The number of carboxylic acids is 1. The molecule has 12 heteroatoms. The molecule has 1 saturated heterocycles. The molecule has 0 aliphatic carbocycles. The molecule has 226 valence electrons. The molecule has 2 N–H and O–H groups in total. The molecule has 2 aromatic rings. The number of thiophene rings is 1. The second-order valence-corrected chi connectivity index (χ2v) is 11.6. The third kappa shape index (κ3) is 7.54. The summed E-state index contributed by atoms with van der Waals surface area (Å²) in [7, 11) is 0. The van der Waals surface area contributed by atoms with E-state index in [0.717, 1.165) is 23.3 Å². The molecular weight excluding hydrogens is 556 g/mol. The molecule has 1 aromatic heterocycles. The Morgan fingerprint density at radius 3 is 2.33 bits per heavy atom. The molecule has 1 aromatic carbocycles. The highest BCUT2D eigenvalue weighted by Crippen LogP contribution is 2.22. The van der Waals surface area contributed by atoms with Crippen molar-refractivity contribution in [3.8, 4) is 5.75 Å². The van der Waals surface area contributed by atoms with Gasteiger partial charge in [-0.1, -0.05) is 12.1 Å². The van der Waals surface area contributed by atoms with Crippen LogP contribution in [0.4, 0.5) is 4.79 Å². The van der Waals surface area contributed by atoms with Crippen LogP contribution in [0.2, 0.25) is 0 Å². The first-order chi connectivity index (χ1) is 20.2. The number of benzene rings is 1. The summed E-state index contributed by atoms with van der Waals surface area (Å²) < 4.78 is 5.48. The Labute approximate surface area is 250 Å². The number of hydrogen-bond acceptors (Lipinski definition) is 9. The van der Waals surface area contributed by atoms with Crippen LogP contribution in [0.5, 0.6) is 5.75 Å². The van der Waals surface area contributed by atoms with E-state index in [1.165, 1.54) is 11.3 Å². The van der Waals surface area contributed by atoms with Crippen molar-refractivity contribution >= 4 is 41.5 Å². The molecule has 1 fully saturated rings. The fraction of sp³-hybridized carbons (Fsp3) is 0.500. The molecule has 2 amide bonds. The van der Waals surface area contributed by atoms with E-state index in [1.807, 2.05) is 44.7 Å². The molecule has 11 nitrogen and oxygen atoms in total. The Morgan fingerprint density at radius 1 is 1.07 bits per heavy atom. The third-order valence-electron chi connectivity index (χ3n) is 7.48. The minimum absolute atomic E-state index is 0.147. The van der Waals surface area contributed by atoms with Gasteiger partial charge in [-0.3, -0.25) is 14.9 Å². The van der Waals surface area contributed by atoms with E-state index < -0.39 is 24.2 Å². The number of amides is 2. The number of nitrogens with one attached hydrogen (secondary N) is 1. The predicted octanol–water partition coefficient (Wildman–Crippen LogP) is 3.88. The van der Waals surface area contributed by atoms with Crippen LogP contribution in [0.15, 0.2) is 46.4 Å². The van der Waals surface area contributed by atoms with Crippen LogP contribution in [0.3, 0.4) is 0 Å². The smallest absolute Gasteiger partial charge is 0.415 e. The summed E-state index contributed by atoms with van der Waals surface area (Å²) in [5, 5.41) is 13.4. The lowest BCUT2D eigenvalue weighted by Gasteiger charge is -2.37. The largest absolute Gasteiger partial charge is 0.480 e. The molecule has 4 rings (SSSR count). The highest BCUT2D eigenvalue weighted by Gasteiger charge is 2.35. The van der Waals surface area contributed by atoms with Gasteiger partial charge in [-0.15, -0.1) is 11.3 Å². The molecule has 2 aliphatic heterocycles. The maximum absolute atomic E-state index is 13.5. The summed E-state index contributed by atoms with van der Waals surface area (Å²) >= 11 is 1.42. The van der Waals surface area contributed by atoms with Gasteiger partial charge in [0.25, 0.3) is 5.91 Å². The number of nitrogens with zero attached hydrogens (tertiary/aromatic N) is 5. The Morgan fingerprint density at radius 2 is 1.76 bits per heavy atom. The molecule has 3 atom stereocenters. The van der Waals surface area contributed by atoms with E-state index in [4.69, 9.17) is 9.73 Å². The third-order valence-corrected chi connectivity index (χ3v) is 8.47. The second kappa shape index (κ2) is 14.4. The number of likely N-dealkylation sites (N-methyl/N-ethyl adjacent to an activating group) is 1. The van der Waals surface area contributed by atoms with Crippen molar-refractivity contribution < 1.29 is 24.2 Å². The van der Waals surface area contributed by atoms with Crippen LogP contribution in [0, 0.1) is 6.92 Å². The van der Waals surface area contributed by atoms with Gasteiger partial charge in [0.2, 0.25) is 5.96 Å². The lowest BCUT2D eigenvalue weighted by molar-refractivity contribution is -0.139. The van der Waals surface area contributed by atoms with Crippen molar-refractivity contribution in [1.82, 2.24) is 20.0 Å². The molecule has 0 saturated carbocycles. The van der Waals surface area contributed by atoms with E-state index in [-0.39, 0.29) is 18.4 Å². The average molecular weight is 597 g/mol. The number of guanidine groups is 1. The Kier molecular flexibility index (Phi) is 10.7. The van der Waals surface area contributed by atoms with Gasteiger partial charge in [-0.2, -0.15) is 0 Å². The quantitative estimate of drug-likeness (QED) is 0.403. The van der Waals surface area contributed by atoms with Crippen LogP contribution in [0.1, 0.15) is 53.7 Å². The average Bonchev–Trinajstić information content (AvgIpc) is 3.68. The molecule has 3 unspecified atom stereocenters. The Bertz CT molecular complexity index is 1300. The summed E-state index contributed by atoms with van der Waals surface area (Å²) in [5.74, 6) is -0.277. The maximum atomic E-state index is 13.5. The van der Waals surface area contributed by atoms with E-state index in [1.54, 1.807) is 40.3 Å². The van der Waals surface area contributed by atoms with Crippen LogP contribution >= 0.6 is 11.3 Å². The van der Waals surface area contributed by atoms with Gasteiger partial charge in [-0.25, -0.2) is 14.8 Å². The minimum atomic E-state index is -1.04. The van der Waals surface area contributed by atoms with Crippen molar-refractivity contribution in [2.45, 2.75) is 65.2 Å². The van der Waals surface area contributed by atoms with Crippen molar-refractivity contribution in [2.24, 2.45) is 9.98 Å². The predicted molar refractivity (Wildman–Crippen MR) is 164 cm³/mol. The number of ether oxygens (including phenoxy) is 1. The highest BCUT2D eigenvalue weighted by molar-refractivity contribution is 7.13. The molecule has 3 heterocycles. The lowest BCUT2D eigenvalue weighted by atomic mass is 10.0. The minimum Gasteiger partial charge on any atom is -0.480 e. The number of rotatable bonds is 11. The first-order valence-electron chi connectivity index (χ1n) is 14.5. The SMILES string of the molecule is CCN(CC)C1=NC(NC(Cc2ccc(OC(=O)N3CCCC3)cc2)C(=O)O)C(N(CC)C(=O)c2ccc(C)s2)C=N1. The molecule has 0 bridgehead atoms. The summed E-state index contributed by atoms with van der Waals surface area (Å²) in [6.07, 6.45) is 2.71. The number of aryl methyl sites for hydroxylation is 1. The van der Waals surface area contributed by atoms with Gasteiger partial charge in [-0.05, 0) is 76.8 Å². The van der Waals surface area contributed by atoms with Crippen molar-refractivity contribution in [3.63, 3.8) is 0 Å². The van der Waals surface area contributed by atoms with Gasteiger partial charge >= 0.3 is 12.1 Å². The molecule has 0 radical (unpaired) electrons. The number of carboxylic acid groups (broad SMARTS) is 1. The zero-order valence-corrected chi connectivity index (χ0v) is 25.5. The highest BCUT2D eigenvalue weighted by atomic mass is 32.1. The van der Waals surface area contributed by atoms with Crippen molar-refractivity contribution in [3.05, 3.63) is 51.7 Å². The summed E-state index contributed by atoms with van der Waals surface area (Å²) in [4.78, 5) is 54.7. The van der Waals surface area contributed by atoms with Crippen molar-refractivity contribution in [2.75, 3.05) is 32.7 Å². The van der Waals surface area contributed by atoms with Crippen LogP contribution < -0.4 is 10.1 Å². The van der Waals surface area contributed by atoms with E-state index >= 15 is 0 Å². The number of aliphatic carboxylic acids is 1. The van der Waals surface area contributed by atoms with Crippen LogP contribution in [-0.2, 0) is 11.2 Å². The first-order valence-corrected chi connectivity index (χ1v) is 15.3. The van der Waals surface area contributed by atoms with Crippen LogP contribution in [-0.4, -0.2) is 101 Å². The molecular formula is C30H40N6O5S. The monoisotopic (exact) mass is 596 g/mol. The van der Waals surface area contributed by atoms with Gasteiger partial charge in [0.05, 0.1) is 4.88 Å². The van der Waals surface area contributed by atoms with Crippen molar-refractivity contribution in [1.29, 1.82) is 0 Å². The number of likely N-dealkylation sites (tertiary alicyclic amines) is 1. The lowest BCUT2D eigenvalue weighted by Crippen LogP contribution is -2.58. The van der Waals surface area contributed by atoms with E-state index in [0.29, 0.717) is 49.3 Å². The number of carbonyl (C=O) groups is 3. The van der Waals surface area contributed by atoms with Gasteiger partial charge in [0.1, 0.15) is 24.0 Å². The second-order valence-electron chi connectivity index (χ2n) is 10.3. The summed E-state index contributed by atoms with van der Waals surface area (Å²) in [6.45, 7) is 11.0. The molecule has 0 spiro atoms. The number of aliphatic imine (C=N–C) groups is 2. The normalized spacial score (nSPS) is 18.9. The zero-order valence-electron chi connectivity index (χ0n) is 24.7. The maximum Gasteiger partial charge on any atom is 0.415 e. The summed E-state index contributed by atoms with van der Waals surface area (Å²) in [6, 6.07) is 9.01. The van der Waals surface area contributed by atoms with E-state index in [9.17, 15) is 19.5 Å². The summed E-state index contributed by atoms with van der Waals surface area (Å²) in [5.41, 5.74) is 0.752. The number of carbonyl (C=O) groups excluding carboxylic acids is 2. The van der Waals surface area contributed by atoms with Crippen LogP contribution in [0.25, 0.3) is 0 Å². The Balaban J connectivity index is 1.53. The van der Waals surface area contributed by atoms with Gasteiger partial charge in [0, 0.05) is 43.8 Å². The zero-order chi connectivity index (χ0) is 30.2. The van der Waals surface area contributed by atoms with Gasteiger partial charge in [0.15, 0.2) is 0 Å². The van der Waals surface area contributed by atoms with E-state index in [2.05, 4.69) is 10.3 Å². The Hall–Kier alpha value is -3.77. The fourth-order valence-electron chi connectivity index (χ4n) is 5.11. The molecule has 42 heavy (non-hydrogen) atoms. The first kappa shape index (κ1) is 31.2. The topological polar surface area (TPSA) is 127 Å². The number of hydrogen-bond donors (Lipinski definition) is 2. The molecule has 2 aliphatic rings. The fourth-order valence-corrected chi connectivity index (χ4v) is 5.94. The standard InChI is InChI=1S/C30H40N6O5S/c1-5-34(6-2)29-31-19-24(36(7-3)27(37)25-15-10-20(4)42-25)26(33-29)32-23(28(38)39)18-21-11-13-22(14-12-21)41-30(40)35-16-8-9-17-35/h10-15,19,23-24,26,32H,5-9,16-18H2,1-4H3,(H,38,39).